The Labute approximate surface area is 116 Å². The van der Waals surface area contributed by atoms with Crippen LogP contribution in [0, 0.1) is 0 Å². The van der Waals surface area contributed by atoms with Crippen molar-refractivity contribution in [3.05, 3.63) is 23.5 Å². The van der Waals surface area contributed by atoms with Crippen molar-refractivity contribution in [2.75, 3.05) is 5.73 Å². The highest BCUT2D eigenvalue weighted by Gasteiger charge is 2.22. The van der Waals surface area contributed by atoms with Gasteiger partial charge in [-0.05, 0) is 37.8 Å². The molecule has 2 saturated carbocycles. The highest BCUT2D eigenvalue weighted by atomic mass is 14.8. The van der Waals surface area contributed by atoms with Crippen LogP contribution in [-0.2, 0) is 0 Å². The van der Waals surface area contributed by atoms with Crippen molar-refractivity contribution < 1.29 is 0 Å². The van der Waals surface area contributed by atoms with Crippen molar-refractivity contribution in [1.82, 2.24) is 4.98 Å². The van der Waals surface area contributed by atoms with Crippen molar-refractivity contribution in [3.8, 4) is 0 Å². The maximum atomic E-state index is 6.19. The second kappa shape index (κ2) is 5.94. The van der Waals surface area contributed by atoms with Crippen LogP contribution in [0.5, 0.6) is 0 Å². The Kier molecular flexibility index (Phi) is 4.05. The zero-order valence-electron chi connectivity index (χ0n) is 11.9. The molecule has 0 aromatic carbocycles. The number of anilines is 1. The van der Waals surface area contributed by atoms with Crippen LogP contribution in [0.2, 0.25) is 0 Å². The van der Waals surface area contributed by atoms with Crippen LogP contribution in [0.4, 0.5) is 5.69 Å². The summed E-state index contributed by atoms with van der Waals surface area (Å²) in [6, 6.07) is 4.29. The first-order valence-electron chi connectivity index (χ1n) is 8.11. The molecule has 3 rings (SSSR count). The molecule has 0 bridgehead atoms. The van der Waals surface area contributed by atoms with E-state index in [0.717, 1.165) is 5.69 Å². The minimum Gasteiger partial charge on any atom is -0.397 e. The lowest BCUT2D eigenvalue weighted by Crippen LogP contribution is -2.13. The summed E-state index contributed by atoms with van der Waals surface area (Å²) in [6.45, 7) is 0. The second-order valence-electron chi connectivity index (χ2n) is 6.38. The zero-order chi connectivity index (χ0) is 13.1. The first kappa shape index (κ1) is 13.0. The highest BCUT2D eigenvalue weighted by molar-refractivity contribution is 5.45. The summed E-state index contributed by atoms with van der Waals surface area (Å²) in [5, 5.41) is 0. The van der Waals surface area contributed by atoms with Gasteiger partial charge in [0.25, 0.3) is 0 Å². The molecule has 104 valence electrons. The molecule has 2 aliphatic rings. The monoisotopic (exact) mass is 258 g/mol. The summed E-state index contributed by atoms with van der Waals surface area (Å²) in [4.78, 5) is 4.99. The van der Waals surface area contributed by atoms with Crippen molar-refractivity contribution in [2.24, 2.45) is 0 Å². The van der Waals surface area contributed by atoms with Gasteiger partial charge in [-0.25, -0.2) is 0 Å². The fraction of sp³-hybridized carbons (Fsp3) is 0.706. The quantitative estimate of drug-likeness (QED) is 0.830. The van der Waals surface area contributed by atoms with Crippen LogP contribution < -0.4 is 5.73 Å². The number of hydrogen-bond donors (Lipinski definition) is 1. The van der Waals surface area contributed by atoms with Gasteiger partial charge in [-0.2, -0.15) is 0 Å². The predicted molar refractivity (Wildman–Crippen MR) is 80.3 cm³/mol. The average molecular weight is 258 g/mol. The lowest BCUT2D eigenvalue weighted by atomic mass is 9.84. The van der Waals surface area contributed by atoms with E-state index in [0.29, 0.717) is 11.8 Å². The molecule has 0 aliphatic heterocycles. The van der Waals surface area contributed by atoms with Crippen LogP contribution in [-0.4, -0.2) is 4.98 Å². The molecule has 1 aromatic rings. The molecule has 2 nitrogen and oxygen atoms in total. The predicted octanol–water partition coefficient (Wildman–Crippen LogP) is 4.76. The van der Waals surface area contributed by atoms with Crippen molar-refractivity contribution in [1.29, 1.82) is 0 Å². The normalized spacial score (nSPS) is 22.5. The number of hydrogen-bond acceptors (Lipinski definition) is 2. The summed E-state index contributed by atoms with van der Waals surface area (Å²) in [7, 11) is 0. The van der Waals surface area contributed by atoms with Crippen LogP contribution >= 0.6 is 0 Å². The van der Waals surface area contributed by atoms with Crippen molar-refractivity contribution >= 4 is 5.69 Å². The third-order valence-corrected chi connectivity index (χ3v) is 4.99. The molecule has 19 heavy (non-hydrogen) atoms. The number of rotatable bonds is 2. The zero-order valence-corrected chi connectivity index (χ0v) is 11.9. The fourth-order valence-corrected chi connectivity index (χ4v) is 3.83. The molecule has 1 heterocycles. The second-order valence-corrected chi connectivity index (χ2v) is 6.38. The molecule has 0 spiro atoms. The largest absolute Gasteiger partial charge is 0.397 e. The molecule has 2 heteroatoms. The van der Waals surface area contributed by atoms with Gasteiger partial charge in [-0.1, -0.05) is 38.5 Å². The molecule has 0 amide bonds. The molecule has 2 aliphatic carbocycles. The van der Waals surface area contributed by atoms with E-state index < -0.39 is 0 Å². The number of nitrogens with two attached hydrogens (primary N) is 1. The van der Waals surface area contributed by atoms with E-state index in [4.69, 9.17) is 10.7 Å². The average Bonchev–Trinajstić information content (AvgIpc) is 2.49. The molecular weight excluding hydrogens is 232 g/mol. The van der Waals surface area contributed by atoms with Gasteiger partial charge >= 0.3 is 0 Å². The van der Waals surface area contributed by atoms with Gasteiger partial charge in [0.15, 0.2) is 0 Å². The van der Waals surface area contributed by atoms with E-state index in [1.54, 1.807) is 0 Å². The fourth-order valence-electron chi connectivity index (χ4n) is 3.83. The molecule has 0 saturated heterocycles. The van der Waals surface area contributed by atoms with Gasteiger partial charge in [-0.15, -0.1) is 0 Å². The van der Waals surface area contributed by atoms with Gasteiger partial charge < -0.3 is 5.73 Å². The van der Waals surface area contributed by atoms with Crippen LogP contribution in [0.15, 0.2) is 12.1 Å². The van der Waals surface area contributed by atoms with Gasteiger partial charge in [-0.3, -0.25) is 4.98 Å². The van der Waals surface area contributed by atoms with Gasteiger partial charge in [0.2, 0.25) is 0 Å². The molecular formula is C17H26N2. The van der Waals surface area contributed by atoms with E-state index in [1.165, 1.54) is 75.6 Å². The number of aromatic nitrogens is 1. The lowest BCUT2D eigenvalue weighted by Gasteiger charge is -2.25. The maximum absolute atomic E-state index is 6.19. The SMILES string of the molecule is Nc1ccc(C2CCCCC2)nc1C1CCCCC1. The maximum Gasteiger partial charge on any atom is 0.0666 e. The summed E-state index contributed by atoms with van der Waals surface area (Å²) >= 11 is 0. The standard InChI is InChI=1S/C17H26N2/c18-15-11-12-16(13-7-3-1-4-8-13)19-17(15)14-9-5-2-6-10-14/h11-14H,1-10,18H2. The number of nitrogen functional groups attached to an aromatic ring is 1. The third-order valence-electron chi connectivity index (χ3n) is 4.99. The van der Waals surface area contributed by atoms with E-state index in [9.17, 15) is 0 Å². The van der Waals surface area contributed by atoms with E-state index in [-0.39, 0.29) is 0 Å². The minimum atomic E-state index is 0.622. The minimum absolute atomic E-state index is 0.622. The molecule has 1 aromatic heterocycles. The molecule has 2 N–H and O–H groups in total. The third kappa shape index (κ3) is 2.93. The number of pyridine rings is 1. The Hall–Kier alpha value is -1.05. The Morgan fingerprint density at radius 1 is 0.789 bits per heavy atom. The summed E-state index contributed by atoms with van der Waals surface area (Å²) < 4.78 is 0. The smallest absolute Gasteiger partial charge is 0.0666 e. The van der Waals surface area contributed by atoms with E-state index in [2.05, 4.69) is 12.1 Å². The lowest BCUT2D eigenvalue weighted by molar-refractivity contribution is 0.422. The first-order valence-corrected chi connectivity index (χ1v) is 8.11. The molecule has 0 atom stereocenters. The Morgan fingerprint density at radius 2 is 1.37 bits per heavy atom. The van der Waals surface area contributed by atoms with Gasteiger partial charge in [0, 0.05) is 17.5 Å². The van der Waals surface area contributed by atoms with Gasteiger partial charge in [0.05, 0.1) is 11.4 Å². The summed E-state index contributed by atoms with van der Waals surface area (Å²) in [5.74, 6) is 1.31. The van der Waals surface area contributed by atoms with Crippen LogP contribution in [0.25, 0.3) is 0 Å². The topological polar surface area (TPSA) is 38.9 Å². The highest BCUT2D eigenvalue weighted by Crippen LogP contribution is 2.37. The van der Waals surface area contributed by atoms with Gasteiger partial charge in [0.1, 0.15) is 0 Å². The Morgan fingerprint density at radius 3 is 2.00 bits per heavy atom. The first-order chi connectivity index (χ1) is 9.34. The van der Waals surface area contributed by atoms with E-state index in [1.807, 2.05) is 0 Å². The molecule has 2 fully saturated rings. The summed E-state index contributed by atoms with van der Waals surface area (Å²) in [6.07, 6.45) is 13.4. The molecule has 0 unspecified atom stereocenters. The summed E-state index contributed by atoms with van der Waals surface area (Å²) in [5.41, 5.74) is 9.64. The van der Waals surface area contributed by atoms with Crippen LogP contribution in [0.3, 0.4) is 0 Å². The molecule has 0 radical (unpaired) electrons. The van der Waals surface area contributed by atoms with E-state index >= 15 is 0 Å². The Bertz CT molecular complexity index is 415. The van der Waals surface area contributed by atoms with Crippen molar-refractivity contribution in [2.45, 2.75) is 76.0 Å². The number of nitrogens with zero attached hydrogens (tertiary/aromatic N) is 1. The van der Waals surface area contributed by atoms with Crippen molar-refractivity contribution in [3.63, 3.8) is 0 Å². The Balaban J connectivity index is 1.82. The van der Waals surface area contributed by atoms with Crippen LogP contribution in [0.1, 0.15) is 87.4 Å².